The van der Waals surface area contributed by atoms with Crippen LogP contribution in [0.15, 0.2) is 24.3 Å². The third-order valence-electron chi connectivity index (χ3n) is 4.54. The zero-order chi connectivity index (χ0) is 12.4. The summed E-state index contributed by atoms with van der Waals surface area (Å²) < 4.78 is 5.43. The lowest BCUT2D eigenvalue weighted by atomic mass is 9.59. The van der Waals surface area contributed by atoms with Crippen LogP contribution in [0.5, 0.6) is 0 Å². The third-order valence-corrected chi connectivity index (χ3v) is 4.54. The lowest BCUT2D eigenvalue weighted by Crippen LogP contribution is -2.41. The van der Waals surface area contributed by atoms with Gasteiger partial charge < -0.3 is 4.74 Å². The summed E-state index contributed by atoms with van der Waals surface area (Å²) in [6.07, 6.45) is 13.5. The number of esters is 1. The molecule has 1 saturated heterocycles. The number of carbonyl (C=O) groups excluding carboxylic acids is 1. The van der Waals surface area contributed by atoms with E-state index in [0.717, 1.165) is 19.3 Å². The van der Waals surface area contributed by atoms with Gasteiger partial charge in [0.1, 0.15) is 0 Å². The summed E-state index contributed by atoms with van der Waals surface area (Å²) in [7, 11) is 0. The molecule has 2 unspecified atom stereocenters. The van der Waals surface area contributed by atoms with Crippen molar-refractivity contribution < 1.29 is 9.53 Å². The number of hydrogen-bond acceptors (Lipinski definition) is 2. The van der Waals surface area contributed by atoms with Crippen LogP contribution in [0, 0.1) is 10.8 Å². The van der Waals surface area contributed by atoms with E-state index in [1.54, 1.807) is 0 Å². The zero-order valence-corrected chi connectivity index (χ0v) is 10.9. The molecule has 0 aromatic rings. The maximum absolute atomic E-state index is 12.2. The summed E-state index contributed by atoms with van der Waals surface area (Å²) in [5.41, 5.74) is -0.368. The number of unbranched alkanes of at least 4 members (excludes halogenated alkanes) is 1. The summed E-state index contributed by atoms with van der Waals surface area (Å²) >= 11 is 0. The number of carbonyl (C=O) groups is 1. The van der Waals surface area contributed by atoms with Crippen LogP contribution < -0.4 is 0 Å². The van der Waals surface area contributed by atoms with E-state index in [9.17, 15) is 4.79 Å². The van der Waals surface area contributed by atoms with Gasteiger partial charge in [0.2, 0.25) is 0 Å². The van der Waals surface area contributed by atoms with Crippen LogP contribution in [0.4, 0.5) is 0 Å². The van der Waals surface area contributed by atoms with E-state index in [1.165, 1.54) is 12.8 Å². The van der Waals surface area contributed by atoms with Gasteiger partial charge in [0.15, 0.2) is 0 Å². The molecule has 1 aliphatic heterocycles. The van der Waals surface area contributed by atoms with Gasteiger partial charge in [0.25, 0.3) is 0 Å². The average Bonchev–Trinajstić information content (AvgIpc) is 2.63. The number of ether oxygens (including phenoxy) is 1. The molecule has 2 nitrogen and oxygen atoms in total. The first kappa shape index (κ1) is 12.4. The van der Waals surface area contributed by atoms with Crippen LogP contribution in [0.25, 0.3) is 0 Å². The average molecular weight is 234 g/mol. The van der Waals surface area contributed by atoms with Crippen molar-refractivity contribution >= 4 is 5.97 Å². The molecule has 0 saturated carbocycles. The molecule has 0 amide bonds. The summed E-state index contributed by atoms with van der Waals surface area (Å²) in [4.78, 5) is 12.2. The van der Waals surface area contributed by atoms with Crippen LogP contribution in [-0.4, -0.2) is 12.6 Å². The molecule has 0 bridgehead atoms. The lowest BCUT2D eigenvalue weighted by Gasteiger charge is -2.40. The van der Waals surface area contributed by atoms with Crippen LogP contribution >= 0.6 is 0 Å². The summed E-state index contributed by atoms with van der Waals surface area (Å²) in [5.74, 6) is -0.0175. The van der Waals surface area contributed by atoms with Crippen molar-refractivity contribution in [2.24, 2.45) is 10.8 Å². The molecule has 17 heavy (non-hydrogen) atoms. The Bertz CT molecular complexity index is 356. The van der Waals surface area contributed by atoms with Crippen molar-refractivity contribution in [2.45, 2.75) is 46.0 Å². The molecule has 1 fully saturated rings. The maximum atomic E-state index is 12.2. The first-order valence-corrected chi connectivity index (χ1v) is 6.72. The Morgan fingerprint density at radius 2 is 2.18 bits per heavy atom. The fourth-order valence-electron chi connectivity index (χ4n) is 3.25. The van der Waals surface area contributed by atoms with Crippen LogP contribution in [-0.2, 0) is 9.53 Å². The van der Waals surface area contributed by atoms with Crippen LogP contribution in [0.1, 0.15) is 46.0 Å². The molecule has 2 rings (SSSR count). The third kappa shape index (κ3) is 1.74. The molecule has 0 aromatic heterocycles. The predicted molar refractivity (Wildman–Crippen MR) is 68.5 cm³/mol. The first-order valence-electron chi connectivity index (χ1n) is 6.72. The Labute approximate surface area is 104 Å². The molecule has 1 aliphatic carbocycles. The van der Waals surface area contributed by atoms with Crippen LogP contribution in [0.2, 0.25) is 0 Å². The predicted octanol–water partition coefficient (Wildman–Crippen LogP) is 3.63. The molecule has 0 N–H and O–H groups in total. The molecule has 94 valence electrons. The number of hydrogen-bond donors (Lipinski definition) is 0. The van der Waals surface area contributed by atoms with Gasteiger partial charge in [0, 0.05) is 5.41 Å². The highest BCUT2D eigenvalue weighted by Crippen LogP contribution is 2.55. The highest BCUT2D eigenvalue weighted by Gasteiger charge is 2.59. The highest BCUT2D eigenvalue weighted by molar-refractivity contribution is 5.83. The summed E-state index contributed by atoms with van der Waals surface area (Å²) in [6.45, 7) is 4.98. The van der Waals surface area contributed by atoms with E-state index in [1.807, 2.05) is 12.2 Å². The maximum Gasteiger partial charge on any atom is 0.316 e. The van der Waals surface area contributed by atoms with E-state index in [-0.39, 0.29) is 16.8 Å². The largest absolute Gasteiger partial charge is 0.464 e. The zero-order valence-electron chi connectivity index (χ0n) is 10.9. The second kappa shape index (κ2) is 4.67. The second-order valence-electron chi connectivity index (χ2n) is 5.28. The fraction of sp³-hybridized carbons (Fsp3) is 0.667. The topological polar surface area (TPSA) is 26.3 Å². The molecule has 2 heteroatoms. The number of rotatable bonds is 4. The molecular formula is C15H22O2. The van der Waals surface area contributed by atoms with Gasteiger partial charge in [-0.1, -0.05) is 51.0 Å². The molecule has 2 aliphatic rings. The van der Waals surface area contributed by atoms with Crippen molar-refractivity contribution in [1.82, 2.24) is 0 Å². The normalized spacial score (nSPS) is 35.5. The van der Waals surface area contributed by atoms with E-state index < -0.39 is 0 Å². The first-order chi connectivity index (χ1) is 8.21. The van der Waals surface area contributed by atoms with E-state index >= 15 is 0 Å². The van der Waals surface area contributed by atoms with Crippen molar-refractivity contribution in [2.75, 3.05) is 6.61 Å². The SMILES string of the molecule is CCCCC1(CC)COC(=O)C12C=CC=CC2. The lowest BCUT2D eigenvalue weighted by molar-refractivity contribution is -0.144. The Balaban J connectivity index is 2.33. The van der Waals surface area contributed by atoms with Crippen molar-refractivity contribution in [3.8, 4) is 0 Å². The number of allylic oxidation sites excluding steroid dienone is 3. The minimum absolute atomic E-state index is 0.0152. The van der Waals surface area contributed by atoms with Gasteiger partial charge in [-0.25, -0.2) is 0 Å². The summed E-state index contributed by atoms with van der Waals surface area (Å²) in [5, 5.41) is 0. The molecule has 1 heterocycles. The van der Waals surface area contributed by atoms with Crippen molar-refractivity contribution in [3.63, 3.8) is 0 Å². The Hall–Kier alpha value is -1.05. The molecular weight excluding hydrogens is 212 g/mol. The van der Waals surface area contributed by atoms with Gasteiger partial charge in [-0.15, -0.1) is 0 Å². The van der Waals surface area contributed by atoms with Gasteiger partial charge in [0.05, 0.1) is 12.0 Å². The Morgan fingerprint density at radius 1 is 1.35 bits per heavy atom. The fourth-order valence-corrected chi connectivity index (χ4v) is 3.25. The van der Waals surface area contributed by atoms with E-state index in [0.29, 0.717) is 6.61 Å². The molecule has 0 radical (unpaired) electrons. The van der Waals surface area contributed by atoms with Crippen molar-refractivity contribution in [3.05, 3.63) is 24.3 Å². The summed E-state index contributed by atoms with van der Waals surface area (Å²) in [6, 6.07) is 0. The molecule has 1 spiro atoms. The van der Waals surface area contributed by atoms with E-state index in [4.69, 9.17) is 4.74 Å². The Morgan fingerprint density at radius 3 is 2.76 bits per heavy atom. The standard InChI is InChI=1S/C15H22O2/c1-3-5-9-14(4-2)12-17-13(16)15(14)10-7-6-8-11-15/h6-8,10H,3-5,9,11-12H2,1-2H3. The van der Waals surface area contributed by atoms with Crippen LogP contribution in [0.3, 0.4) is 0 Å². The van der Waals surface area contributed by atoms with Gasteiger partial charge in [-0.05, 0) is 19.3 Å². The van der Waals surface area contributed by atoms with Crippen molar-refractivity contribution in [1.29, 1.82) is 0 Å². The monoisotopic (exact) mass is 234 g/mol. The molecule has 2 atom stereocenters. The molecule has 0 aromatic carbocycles. The van der Waals surface area contributed by atoms with Gasteiger partial charge in [-0.2, -0.15) is 0 Å². The minimum atomic E-state index is -0.383. The smallest absolute Gasteiger partial charge is 0.316 e. The minimum Gasteiger partial charge on any atom is -0.464 e. The Kier molecular flexibility index (Phi) is 3.41. The van der Waals surface area contributed by atoms with E-state index in [2.05, 4.69) is 26.0 Å². The second-order valence-corrected chi connectivity index (χ2v) is 5.28. The number of cyclic esters (lactones) is 1. The quantitative estimate of drug-likeness (QED) is 0.694. The van der Waals surface area contributed by atoms with Gasteiger partial charge in [-0.3, -0.25) is 4.79 Å². The van der Waals surface area contributed by atoms with Gasteiger partial charge >= 0.3 is 5.97 Å². The highest BCUT2D eigenvalue weighted by atomic mass is 16.5.